The number of rotatable bonds is 6. The highest BCUT2D eigenvalue weighted by Gasteiger charge is 2.53. The molecule has 10 aromatic rings. The van der Waals surface area contributed by atoms with Crippen LogP contribution in [0.25, 0.3) is 55.6 Å². The topological polar surface area (TPSA) is 21.7 Å². The van der Waals surface area contributed by atoms with Crippen molar-refractivity contribution in [1.82, 2.24) is 0 Å². The van der Waals surface area contributed by atoms with E-state index in [0.29, 0.717) is 0 Å². The van der Waals surface area contributed by atoms with Crippen LogP contribution in [0.3, 0.4) is 0 Å². The van der Waals surface area contributed by atoms with Crippen molar-refractivity contribution < 1.29 is 9.47 Å². The number of anilines is 3. The third-order valence-corrected chi connectivity index (χ3v) is 13.4. The molecule has 3 aliphatic rings. The van der Waals surface area contributed by atoms with Crippen LogP contribution in [0.1, 0.15) is 22.3 Å². The van der Waals surface area contributed by atoms with Gasteiger partial charge in [-0.25, -0.2) is 0 Å². The fraction of sp³-hybridized carbons (Fsp3) is 0.0164. The fourth-order valence-corrected chi connectivity index (χ4v) is 10.5. The van der Waals surface area contributed by atoms with Crippen LogP contribution in [0.4, 0.5) is 17.1 Å². The molecule has 10 aromatic carbocycles. The molecule has 0 saturated heterocycles. The summed E-state index contributed by atoms with van der Waals surface area (Å²) in [6.45, 7) is 0. The van der Waals surface area contributed by atoms with Gasteiger partial charge in [0.2, 0.25) is 0 Å². The van der Waals surface area contributed by atoms with Crippen LogP contribution in [-0.4, -0.2) is 0 Å². The van der Waals surface area contributed by atoms with Gasteiger partial charge < -0.3 is 14.4 Å². The first-order valence-corrected chi connectivity index (χ1v) is 21.9. The zero-order valence-electron chi connectivity index (χ0n) is 34.8. The summed E-state index contributed by atoms with van der Waals surface area (Å²) in [5.74, 6) is 2.93. The van der Waals surface area contributed by atoms with Crippen molar-refractivity contribution in [2.45, 2.75) is 5.41 Å². The average molecular weight is 818 g/mol. The van der Waals surface area contributed by atoms with Crippen molar-refractivity contribution in [2.75, 3.05) is 4.90 Å². The first-order valence-electron chi connectivity index (χ1n) is 21.9. The van der Waals surface area contributed by atoms with Crippen molar-refractivity contribution in [2.24, 2.45) is 0 Å². The monoisotopic (exact) mass is 817 g/mol. The highest BCUT2D eigenvalue weighted by atomic mass is 16.6. The molecule has 0 N–H and O–H groups in total. The Balaban J connectivity index is 0.938. The Morgan fingerprint density at radius 3 is 1.23 bits per heavy atom. The molecule has 13 rings (SSSR count). The van der Waals surface area contributed by atoms with E-state index in [-0.39, 0.29) is 0 Å². The molecule has 0 amide bonds. The average Bonchev–Trinajstić information content (AvgIpc) is 3.84. The highest BCUT2D eigenvalue weighted by Crippen LogP contribution is 2.66. The molecule has 1 heterocycles. The van der Waals surface area contributed by atoms with Crippen LogP contribution in [0, 0.1) is 0 Å². The fourth-order valence-electron chi connectivity index (χ4n) is 10.5. The minimum Gasteiger partial charge on any atom is -0.449 e. The molecule has 2 aliphatic carbocycles. The van der Waals surface area contributed by atoms with E-state index in [0.717, 1.165) is 62.3 Å². The van der Waals surface area contributed by atoms with Crippen LogP contribution in [0.2, 0.25) is 0 Å². The molecule has 0 radical (unpaired) electrons. The minimum absolute atomic E-state index is 0.512. The molecule has 0 unspecified atom stereocenters. The van der Waals surface area contributed by atoms with Crippen LogP contribution < -0.4 is 14.4 Å². The molecule has 3 nitrogen and oxygen atoms in total. The zero-order valence-corrected chi connectivity index (χ0v) is 34.8. The maximum atomic E-state index is 6.86. The Bertz CT molecular complexity index is 3280. The molecule has 0 atom stereocenters. The van der Waals surface area contributed by atoms with E-state index in [4.69, 9.17) is 9.47 Å². The lowest BCUT2D eigenvalue weighted by molar-refractivity contribution is 0.360. The van der Waals surface area contributed by atoms with E-state index in [2.05, 4.69) is 217 Å². The van der Waals surface area contributed by atoms with E-state index in [1.165, 1.54) is 55.6 Å². The van der Waals surface area contributed by atoms with Crippen molar-refractivity contribution >= 4 is 17.1 Å². The predicted octanol–water partition coefficient (Wildman–Crippen LogP) is 16.4. The van der Waals surface area contributed by atoms with Crippen molar-refractivity contribution in [1.29, 1.82) is 0 Å². The molecular formula is C61H39NO2. The Hall–Kier alpha value is -8.40. The van der Waals surface area contributed by atoms with E-state index >= 15 is 0 Å². The SMILES string of the molecule is c1ccc(-c2ccc(N(c3ccc(-c4ccccc4)cc3)c3ccc(-c4ccc5c(c4)-c4c(ccc6c4Oc4ccccc4O6)C54c5ccccc5-c5ccccc54)cc3)cc2)cc1. The molecule has 64 heavy (non-hydrogen) atoms. The van der Waals surface area contributed by atoms with E-state index in [9.17, 15) is 0 Å². The largest absolute Gasteiger partial charge is 0.449 e. The molecular weight excluding hydrogens is 779 g/mol. The number of fused-ring (bicyclic) bond motifs is 13. The van der Waals surface area contributed by atoms with E-state index < -0.39 is 5.41 Å². The van der Waals surface area contributed by atoms with Gasteiger partial charge in [0.1, 0.15) is 0 Å². The Morgan fingerprint density at radius 1 is 0.281 bits per heavy atom. The number of nitrogens with zero attached hydrogens (tertiary/aromatic N) is 1. The molecule has 0 saturated carbocycles. The second-order valence-corrected chi connectivity index (χ2v) is 16.8. The van der Waals surface area contributed by atoms with Gasteiger partial charge in [0, 0.05) is 22.6 Å². The van der Waals surface area contributed by atoms with Crippen molar-refractivity contribution in [3.05, 3.63) is 259 Å². The van der Waals surface area contributed by atoms with Gasteiger partial charge in [-0.3, -0.25) is 0 Å². The summed E-state index contributed by atoms with van der Waals surface area (Å²) in [6.07, 6.45) is 0. The second-order valence-electron chi connectivity index (χ2n) is 16.8. The zero-order chi connectivity index (χ0) is 42.2. The number of para-hydroxylation sites is 2. The number of benzene rings is 10. The van der Waals surface area contributed by atoms with Crippen molar-refractivity contribution in [3.63, 3.8) is 0 Å². The standard InChI is InChI=1S/C61H39NO2/c1-3-13-40(14-4-1)42-23-30-46(31-24-42)62(47-32-25-43(26-33-47)41-15-5-2-6-16-41)48-34-27-44(28-35-48)45-29-36-54-51(39-45)59-55(37-38-58-60(59)64-57-22-12-11-21-56(57)63-58)61(54)52-19-9-7-17-49(52)50-18-8-10-20-53(50)61/h1-39H. The lowest BCUT2D eigenvalue weighted by atomic mass is 9.70. The van der Waals surface area contributed by atoms with E-state index in [1.54, 1.807) is 0 Å². The molecule has 300 valence electrons. The molecule has 1 spiro atoms. The maximum Gasteiger partial charge on any atom is 0.178 e. The van der Waals surface area contributed by atoms with Crippen LogP contribution in [-0.2, 0) is 5.41 Å². The van der Waals surface area contributed by atoms with Gasteiger partial charge in [-0.2, -0.15) is 0 Å². The molecule has 0 fully saturated rings. The minimum atomic E-state index is -0.512. The molecule has 3 heteroatoms. The van der Waals surface area contributed by atoms with E-state index in [1.807, 2.05) is 24.3 Å². The molecule has 0 bridgehead atoms. The molecule has 0 aromatic heterocycles. The van der Waals surface area contributed by atoms with Gasteiger partial charge in [0.15, 0.2) is 23.0 Å². The quantitative estimate of drug-likeness (QED) is 0.167. The van der Waals surface area contributed by atoms with Crippen LogP contribution in [0.15, 0.2) is 237 Å². The first-order chi connectivity index (χ1) is 31.7. The summed E-state index contributed by atoms with van der Waals surface area (Å²) < 4.78 is 13.4. The third kappa shape index (κ3) is 5.47. The smallest absolute Gasteiger partial charge is 0.178 e. The van der Waals surface area contributed by atoms with Gasteiger partial charge in [-0.05, 0) is 133 Å². The summed E-state index contributed by atoms with van der Waals surface area (Å²) in [6, 6.07) is 85.0. The predicted molar refractivity (Wildman–Crippen MR) is 260 cm³/mol. The van der Waals surface area contributed by atoms with Gasteiger partial charge in [-0.1, -0.05) is 176 Å². The van der Waals surface area contributed by atoms with Gasteiger partial charge in [-0.15, -0.1) is 0 Å². The van der Waals surface area contributed by atoms with Crippen molar-refractivity contribution in [3.8, 4) is 78.6 Å². The summed E-state index contributed by atoms with van der Waals surface area (Å²) in [4.78, 5) is 2.34. The summed E-state index contributed by atoms with van der Waals surface area (Å²) in [5, 5.41) is 0. The maximum absolute atomic E-state index is 6.86. The summed E-state index contributed by atoms with van der Waals surface area (Å²) in [5.41, 5.74) is 19.6. The summed E-state index contributed by atoms with van der Waals surface area (Å²) in [7, 11) is 0. The normalized spacial score (nSPS) is 13.1. The number of hydrogen-bond donors (Lipinski definition) is 0. The summed E-state index contributed by atoms with van der Waals surface area (Å²) >= 11 is 0. The Labute approximate surface area is 372 Å². The van der Waals surface area contributed by atoms with Gasteiger partial charge >= 0.3 is 0 Å². The lowest BCUT2D eigenvalue weighted by Crippen LogP contribution is -2.25. The second kappa shape index (κ2) is 14.3. The lowest BCUT2D eigenvalue weighted by Gasteiger charge is -2.31. The van der Waals surface area contributed by atoms with Gasteiger partial charge in [0.25, 0.3) is 0 Å². The first kappa shape index (κ1) is 36.3. The van der Waals surface area contributed by atoms with Crippen LogP contribution in [0.5, 0.6) is 23.0 Å². The Morgan fingerprint density at radius 2 is 0.688 bits per heavy atom. The number of hydrogen-bond acceptors (Lipinski definition) is 3. The van der Waals surface area contributed by atoms with Crippen LogP contribution >= 0.6 is 0 Å². The third-order valence-electron chi connectivity index (χ3n) is 13.4. The Kier molecular flexibility index (Phi) is 8.13. The number of ether oxygens (including phenoxy) is 2. The highest BCUT2D eigenvalue weighted by molar-refractivity contribution is 5.99. The molecule has 1 aliphatic heterocycles. The van der Waals surface area contributed by atoms with Gasteiger partial charge in [0.05, 0.1) is 5.41 Å².